The quantitative estimate of drug-likeness (QED) is 0.507. The third-order valence-electron chi connectivity index (χ3n) is 4.18. The van der Waals surface area contributed by atoms with Gasteiger partial charge in [0.2, 0.25) is 0 Å². The number of hydrogen-bond donors (Lipinski definition) is 1. The summed E-state index contributed by atoms with van der Waals surface area (Å²) in [5, 5.41) is 5.56. The van der Waals surface area contributed by atoms with Crippen LogP contribution in [0.1, 0.15) is 40.8 Å². The Bertz CT molecular complexity index is 889. The zero-order chi connectivity index (χ0) is 19.8. The van der Waals surface area contributed by atoms with Gasteiger partial charge in [0.1, 0.15) is 17.2 Å². The summed E-state index contributed by atoms with van der Waals surface area (Å²) in [5.74, 6) is 1.42. The van der Waals surface area contributed by atoms with Gasteiger partial charge in [0.25, 0.3) is 5.91 Å². The van der Waals surface area contributed by atoms with E-state index in [-0.39, 0.29) is 5.91 Å². The molecule has 0 aliphatic heterocycles. The van der Waals surface area contributed by atoms with E-state index in [9.17, 15) is 4.79 Å². The Labute approximate surface area is 169 Å². The number of anilines is 1. The minimum absolute atomic E-state index is 0.211. The third-order valence-corrected chi connectivity index (χ3v) is 5.03. The van der Waals surface area contributed by atoms with Gasteiger partial charge in [0.05, 0.1) is 18.7 Å². The second-order valence-electron chi connectivity index (χ2n) is 6.33. The van der Waals surface area contributed by atoms with Crippen molar-refractivity contribution >= 4 is 22.9 Å². The van der Waals surface area contributed by atoms with Crippen molar-refractivity contribution in [2.75, 3.05) is 19.0 Å². The first-order valence-electron chi connectivity index (χ1n) is 9.29. The van der Waals surface area contributed by atoms with Gasteiger partial charge in [-0.3, -0.25) is 4.79 Å². The molecule has 0 saturated heterocycles. The number of rotatable bonds is 9. The zero-order valence-electron chi connectivity index (χ0n) is 16.1. The van der Waals surface area contributed by atoms with E-state index < -0.39 is 0 Å². The van der Waals surface area contributed by atoms with E-state index in [1.54, 1.807) is 12.5 Å². The van der Waals surface area contributed by atoms with Gasteiger partial charge < -0.3 is 14.8 Å². The molecule has 0 unspecified atom stereocenters. The molecule has 0 aliphatic carbocycles. The molecule has 28 heavy (non-hydrogen) atoms. The molecule has 0 saturated carbocycles. The van der Waals surface area contributed by atoms with E-state index in [1.165, 1.54) is 11.3 Å². The van der Waals surface area contributed by atoms with Crippen LogP contribution >= 0.6 is 11.3 Å². The van der Waals surface area contributed by atoms with Gasteiger partial charge in [0, 0.05) is 17.5 Å². The molecular weight excluding hydrogens is 372 g/mol. The van der Waals surface area contributed by atoms with Crippen LogP contribution in [0.15, 0.2) is 53.9 Å². The summed E-state index contributed by atoms with van der Waals surface area (Å²) in [4.78, 5) is 16.9. The monoisotopic (exact) mass is 396 g/mol. The number of methoxy groups -OCH3 is 1. The van der Waals surface area contributed by atoms with Gasteiger partial charge in [-0.25, -0.2) is 4.98 Å². The standard InChI is InChI=1S/C22H24N2O3S/c1-3-4-13-27-19-11-7-17(8-12-19)23-22(25)20-15-28-21(24-20)14-16-5-9-18(26-2)10-6-16/h5-12,15H,3-4,13-14H2,1-2H3,(H,23,25). The van der Waals surface area contributed by atoms with Gasteiger partial charge in [-0.1, -0.05) is 25.5 Å². The number of carbonyl (C=O) groups excluding carboxylic acids is 1. The smallest absolute Gasteiger partial charge is 0.275 e. The predicted molar refractivity (Wildman–Crippen MR) is 113 cm³/mol. The van der Waals surface area contributed by atoms with Crippen LogP contribution in [0.4, 0.5) is 5.69 Å². The lowest BCUT2D eigenvalue weighted by Gasteiger charge is -2.07. The average molecular weight is 397 g/mol. The van der Waals surface area contributed by atoms with Crippen LogP contribution in [-0.4, -0.2) is 24.6 Å². The van der Waals surface area contributed by atoms with E-state index in [2.05, 4.69) is 17.2 Å². The first-order chi connectivity index (χ1) is 13.7. The molecule has 3 aromatic rings. The maximum atomic E-state index is 12.4. The van der Waals surface area contributed by atoms with E-state index in [1.807, 2.05) is 48.5 Å². The lowest BCUT2D eigenvalue weighted by atomic mass is 10.1. The van der Waals surface area contributed by atoms with Crippen molar-refractivity contribution in [2.45, 2.75) is 26.2 Å². The van der Waals surface area contributed by atoms with Crippen molar-refractivity contribution in [3.63, 3.8) is 0 Å². The SMILES string of the molecule is CCCCOc1ccc(NC(=O)c2csc(Cc3ccc(OC)cc3)n2)cc1. The van der Waals surface area contributed by atoms with Crippen molar-refractivity contribution in [3.8, 4) is 11.5 Å². The highest BCUT2D eigenvalue weighted by atomic mass is 32.1. The zero-order valence-corrected chi connectivity index (χ0v) is 16.9. The van der Waals surface area contributed by atoms with Crippen LogP contribution in [-0.2, 0) is 6.42 Å². The van der Waals surface area contributed by atoms with E-state index in [0.29, 0.717) is 18.7 Å². The second kappa shape index (κ2) is 9.90. The first-order valence-corrected chi connectivity index (χ1v) is 10.2. The number of unbranched alkanes of at least 4 members (excludes halogenated alkanes) is 1. The summed E-state index contributed by atoms with van der Waals surface area (Å²) in [6.07, 6.45) is 2.81. The van der Waals surface area contributed by atoms with Gasteiger partial charge in [0.15, 0.2) is 0 Å². The minimum Gasteiger partial charge on any atom is -0.497 e. The molecule has 0 spiro atoms. The highest BCUT2D eigenvalue weighted by Gasteiger charge is 2.12. The fraction of sp³-hybridized carbons (Fsp3) is 0.273. The van der Waals surface area contributed by atoms with Crippen molar-refractivity contribution in [2.24, 2.45) is 0 Å². The molecule has 0 fully saturated rings. The Hall–Kier alpha value is -2.86. The van der Waals surface area contributed by atoms with E-state index in [4.69, 9.17) is 9.47 Å². The molecule has 6 heteroatoms. The van der Waals surface area contributed by atoms with Crippen LogP contribution in [0.3, 0.4) is 0 Å². The third kappa shape index (κ3) is 5.57. The molecule has 0 radical (unpaired) electrons. The molecule has 1 amide bonds. The second-order valence-corrected chi connectivity index (χ2v) is 7.27. The molecule has 3 rings (SSSR count). The lowest BCUT2D eigenvalue weighted by Crippen LogP contribution is -2.12. The normalized spacial score (nSPS) is 10.5. The van der Waals surface area contributed by atoms with Crippen molar-refractivity contribution in [1.29, 1.82) is 0 Å². The van der Waals surface area contributed by atoms with Crippen LogP contribution < -0.4 is 14.8 Å². The average Bonchev–Trinajstić information content (AvgIpc) is 3.19. The number of benzene rings is 2. The predicted octanol–water partition coefficient (Wildman–Crippen LogP) is 5.17. The Morgan fingerprint density at radius 1 is 1.07 bits per heavy atom. The summed E-state index contributed by atoms with van der Waals surface area (Å²) in [7, 11) is 1.65. The number of aromatic nitrogens is 1. The molecule has 0 bridgehead atoms. The summed E-state index contributed by atoms with van der Waals surface area (Å²) in [6.45, 7) is 2.83. The van der Waals surface area contributed by atoms with Crippen LogP contribution in [0.5, 0.6) is 11.5 Å². The van der Waals surface area contributed by atoms with E-state index >= 15 is 0 Å². The molecule has 5 nitrogen and oxygen atoms in total. The number of hydrogen-bond acceptors (Lipinski definition) is 5. The fourth-order valence-corrected chi connectivity index (χ4v) is 3.39. The largest absolute Gasteiger partial charge is 0.497 e. The Kier molecular flexibility index (Phi) is 7.03. The first kappa shape index (κ1) is 19.9. The number of nitrogens with one attached hydrogen (secondary N) is 1. The van der Waals surface area contributed by atoms with Crippen LogP contribution in [0.2, 0.25) is 0 Å². The number of ether oxygens (including phenoxy) is 2. The highest BCUT2D eigenvalue weighted by molar-refractivity contribution is 7.09. The summed E-state index contributed by atoms with van der Waals surface area (Å²) >= 11 is 1.48. The fourth-order valence-electron chi connectivity index (χ4n) is 2.58. The Balaban J connectivity index is 1.56. The maximum Gasteiger partial charge on any atom is 0.275 e. The van der Waals surface area contributed by atoms with Gasteiger partial charge in [-0.15, -0.1) is 11.3 Å². The molecule has 2 aromatic carbocycles. The number of amides is 1. The van der Waals surface area contributed by atoms with Gasteiger partial charge >= 0.3 is 0 Å². The summed E-state index contributed by atoms with van der Waals surface area (Å²) in [6, 6.07) is 15.3. The topological polar surface area (TPSA) is 60.5 Å². The molecule has 0 atom stereocenters. The Morgan fingerprint density at radius 2 is 1.79 bits per heavy atom. The number of thiazole rings is 1. The van der Waals surface area contributed by atoms with Gasteiger partial charge in [-0.05, 0) is 48.4 Å². The summed E-state index contributed by atoms with van der Waals surface area (Å²) in [5.41, 5.74) is 2.27. The van der Waals surface area contributed by atoms with Crippen LogP contribution in [0.25, 0.3) is 0 Å². The van der Waals surface area contributed by atoms with Crippen molar-refractivity contribution in [1.82, 2.24) is 4.98 Å². The number of carbonyl (C=O) groups is 1. The van der Waals surface area contributed by atoms with Crippen molar-refractivity contribution in [3.05, 3.63) is 70.2 Å². The van der Waals surface area contributed by atoms with Crippen LogP contribution in [0, 0.1) is 0 Å². The molecule has 1 N–H and O–H groups in total. The minimum atomic E-state index is -0.211. The highest BCUT2D eigenvalue weighted by Crippen LogP contribution is 2.20. The summed E-state index contributed by atoms with van der Waals surface area (Å²) < 4.78 is 10.8. The molecular formula is C22H24N2O3S. The molecule has 1 aromatic heterocycles. The van der Waals surface area contributed by atoms with Gasteiger partial charge in [-0.2, -0.15) is 0 Å². The Morgan fingerprint density at radius 3 is 2.46 bits per heavy atom. The molecule has 0 aliphatic rings. The van der Waals surface area contributed by atoms with Crippen molar-refractivity contribution < 1.29 is 14.3 Å². The lowest BCUT2D eigenvalue weighted by molar-refractivity contribution is 0.102. The molecule has 146 valence electrons. The molecule has 1 heterocycles. The van der Waals surface area contributed by atoms with E-state index in [0.717, 1.165) is 40.6 Å². The number of nitrogens with zero attached hydrogens (tertiary/aromatic N) is 1. The maximum absolute atomic E-state index is 12.4.